The van der Waals surface area contributed by atoms with Crippen LogP contribution in [0.1, 0.15) is 73.0 Å². The zero-order chi connectivity index (χ0) is 20.9. The van der Waals surface area contributed by atoms with Gasteiger partial charge in [-0.1, -0.05) is 43.2 Å². The zero-order valence-corrected chi connectivity index (χ0v) is 16.7. The van der Waals surface area contributed by atoms with Crippen LogP contribution in [0, 0.1) is 17.8 Å². The second kappa shape index (κ2) is 7.43. The number of halogens is 3. The average molecular weight is 417 g/mol. The molecule has 7 heteroatoms. The highest BCUT2D eigenvalue weighted by atomic mass is 19.4. The summed E-state index contributed by atoms with van der Waals surface area (Å²) >= 11 is 0. The summed E-state index contributed by atoms with van der Waals surface area (Å²) in [6.45, 7) is 0. The van der Waals surface area contributed by atoms with Gasteiger partial charge in [-0.2, -0.15) is 18.3 Å². The molecule has 3 atom stereocenters. The summed E-state index contributed by atoms with van der Waals surface area (Å²) in [6.07, 6.45) is 3.11. The lowest BCUT2D eigenvalue weighted by Gasteiger charge is -2.42. The third-order valence-electron chi connectivity index (χ3n) is 7.38. The molecule has 6 rings (SSSR count). The van der Waals surface area contributed by atoms with Crippen LogP contribution in [0.2, 0.25) is 0 Å². The predicted octanol–water partition coefficient (Wildman–Crippen LogP) is 5.94. The van der Waals surface area contributed by atoms with E-state index < -0.39 is 18.3 Å². The van der Waals surface area contributed by atoms with Crippen LogP contribution in [0.15, 0.2) is 36.5 Å². The number of Topliss-reactive ketones (excluding diaryl/α,β-unsaturated/α-hetero) is 1. The normalized spacial score (nSPS) is 30.6. The lowest BCUT2D eigenvalue weighted by Crippen LogP contribution is -2.36. The first kappa shape index (κ1) is 19.6. The van der Waals surface area contributed by atoms with Crippen LogP contribution >= 0.6 is 0 Å². The monoisotopic (exact) mass is 417 g/mol. The third-order valence-corrected chi connectivity index (χ3v) is 7.38. The molecule has 2 heterocycles. The van der Waals surface area contributed by atoms with Gasteiger partial charge in [0.15, 0.2) is 11.8 Å². The van der Waals surface area contributed by atoms with E-state index >= 15 is 0 Å². The summed E-state index contributed by atoms with van der Waals surface area (Å²) in [6, 6.07) is 6.84. The number of aromatic nitrogens is 2. The van der Waals surface area contributed by atoms with Crippen LogP contribution in [-0.2, 0) is 0 Å². The van der Waals surface area contributed by atoms with E-state index in [1.54, 1.807) is 0 Å². The van der Waals surface area contributed by atoms with Crippen LogP contribution in [-0.4, -0.2) is 21.7 Å². The first-order valence-electron chi connectivity index (χ1n) is 10.9. The number of anilines is 1. The molecule has 2 bridgehead atoms. The molecule has 0 radical (unpaired) electrons. The number of rotatable bonds is 4. The maximum atomic E-state index is 13.8. The third kappa shape index (κ3) is 3.52. The number of ketones is 1. The topological polar surface area (TPSA) is 46.9 Å². The minimum absolute atomic E-state index is 0.0871. The molecule has 1 N–H and O–H groups in total. The van der Waals surface area contributed by atoms with Crippen LogP contribution in [0.25, 0.3) is 0 Å². The molecule has 4 aliphatic rings. The lowest BCUT2D eigenvalue weighted by atomic mass is 9.63. The second-order valence-electron chi connectivity index (χ2n) is 9.16. The van der Waals surface area contributed by atoms with Crippen LogP contribution in [0.5, 0.6) is 0 Å². The van der Waals surface area contributed by atoms with Gasteiger partial charge in [0.05, 0.1) is 17.8 Å². The van der Waals surface area contributed by atoms with Crippen LogP contribution in [0.3, 0.4) is 0 Å². The van der Waals surface area contributed by atoms with Gasteiger partial charge in [-0.15, -0.1) is 0 Å². The molecule has 160 valence electrons. The maximum absolute atomic E-state index is 13.8. The number of nitrogens with zero attached hydrogens (tertiary/aromatic N) is 2. The maximum Gasteiger partial charge on any atom is 0.410 e. The second-order valence-corrected chi connectivity index (χ2v) is 9.16. The van der Waals surface area contributed by atoms with Gasteiger partial charge in [-0.25, -0.2) is 4.68 Å². The fraction of sp³-hybridized carbons (Fsp3) is 0.565. The SMILES string of the molecule is O=C(CC1CC2CCC1CC2)c1cnn2c1NC(c1ccccc1)CC2C(F)(F)F. The number of alkyl halides is 3. The van der Waals surface area contributed by atoms with Crippen molar-refractivity contribution < 1.29 is 18.0 Å². The van der Waals surface area contributed by atoms with Gasteiger partial charge in [0.25, 0.3) is 0 Å². The Labute approximate surface area is 173 Å². The molecule has 0 amide bonds. The molecule has 3 fully saturated rings. The summed E-state index contributed by atoms with van der Waals surface area (Å²) in [5.74, 6) is 1.77. The average Bonchev–Trinajstić information content (AvgIpc) is 3.18. The van der Waals surface area contributed by atoms with Gasteiger partial charge in [-0.05, 0) is 42.6 Å². The van der Waals surface area contributed by atoms with Crippen molar-refractivity contribution in [3.05, 3.63) is 47.7 Å². The minimum atomic E-state index is -4.43. The van der Waals surface area contributed by atoms with Gasteiger partial charge >= 0.3 is 6.18 Å². The van der Waals surface area contributed by atoms with E-state index in [4.69, 9.17) is 0 Å². The Balaban J connectivity index is 1.43. The van der Waals surface area contributed by atoms with Crippen molar-refractivity contribution in [3.8, 4) is 0 Å². The van der Waals surface area contributed by atoms with E-state index in [0.29, 0.717) is 29.7 Å². The van der Waals surface area contributed by atoms with Crippen molar-refractivity contribution in [2.24, 2.45) is 17.8 Å². The number of fused-ring (bicyclic) bond motifs is 4. The van der Waals surface area contributed by atoms with Crippen molar-refractivity contribution in [1.29, 1.82) is 0 Å². The summed E-state index contributed by atoms with van der Waals surface area (Å²) < 4.78 is 42.4. The van der Waals surface area contributed by atoms with Gasteiger partial charge in [0.1, 0.15) is 5.82 Å². The van der Waals surface area contributed by atoms with Gasteiger partial charge in [0, 0.05) is 12.8 Å². The molecule has 1 aromatic heterocycles. The summed E-state index contributed by atoms with van der Waals surface area (Å²) in [4.78, 5) is 13.1. The highest BCUT2D eigenvalue weighted by Gasteiger charge is 2.47. The lowest BCUT2D eigenvalue weighted by molar-refractivity contribution is -0.173. The van der Waals surface area contributed by atoms with Crippen molar-refractivity contribution >= 4 is 11.6 Å². The Hall–Kier alpha value is -2.31. The minimum Gasteiger partial charge on any atom is -0.363 e. The molecule has 3 saturated carbocycles. The standard InChI is InChI=1S/C23H26F3N3O/c24-23(25,26)21-12-19(16-4-2-1-3-5-16)28-22-18(13-27-29(21)22)20(30)11-17-10-14-6-8-15(17)9-7-14/h1-5,13-15,17,19,21,28H,6-12H2. The Morgan fingerprint density at radius 1 is 1.10 bits per heavy atom. The largest absolute Gasteiger partial charge is 0.410 e. The molecule has 3 aliphatic carbocycles. The quantitative estimate of drug-likeness (QED) is 0.626. The molecule has 30 heavy (non-hydrogen) atoms. The summed E-state index contributed by atoms with van der Waals surface area (Å²) in [5.41, 5.74) is 1.08. The molecule has 1 aliphatic heterocycles. The number of benzene rings is 1. The van der Waals surface area contributed by atoms with Gasteiger partial charge in [0.2, 0.25) is 0 Å². The van der Waals surface area contributed by atoms with Crippen molar-refractivity contribution in [3.63, 3.8) is 0 Å². The number of carbonyl (C=O) groups excluding carboxylic acids is 1. The Bertz CT molecular complexity index is 916. The van der Waals surface area contributed by atoms with Crippen molar-refractivity contribution in [2.75, 3.05) is 5.32 Å². The molecule has 0 spiro atoms. The summed E-state index contributed by atoms with van der Waals surface area (Å²) in [7, 11) is 0. The Morgan fingerprint density at radius 3 is 2.47 bits per heavy atom. The predicted molar refractivity (Wildman–Crippen MR) is 107 cm³/mol. The molecule has 4 nitrogen and oxygen atoms in total. The first-order valence-corrected chi connectivity index (χ1v) is 10.9. The van der Waals surface area contributed by atoms with Gasteiger partial charge in [-0.3, -0.25) is 4.79 Å². The highest BCUT2D eigenvalue weighted by molar-refractivity contribution is 6.00. The van der Waals surface area contributed by atoms with E-state index in [9.17, 15) is 18.0 Å². The molecular formula is C23H26F3N3O. The molecule has 1 aromatic carbocycles. The molecule has 3 unspecified atom stereocenters. The van der Waals surface area contributed by atoms with E-state index in [2.05, 4.69) is 10.4 Å². The van der Waals surface area contributed by atoms with Crippen molar-refractivity contribution in [2.45, 2.75) is 63.2 Å². The number of hydrogen-bond donors (Lipinski definition) is 1. The first-order chi connectivity index (χ1) is 14.4. The number of hydrogen-bond acceptors (Lipinski definition) is 3. The molecule has 0 saturated heterocycles. The Morgan fingerprint density at radius 2 is 1.83 bits per heavy atom. The van der Waals surface area contributed by atoms with Gasteiger partial charge < -0.3 is 5.32 Å². The summed E-state index contributed by atoms with van der Waals surface area (Å²) in [5, 5.41) is 7.20. The fourth-order valence-electron chi connectivity index (χ4n) is 5.78. The molecular weight excluding hydrogens is 391 g/mol. The fourth-order valence-corrected chi connectivity index (χ4v) is 5.78. The van der Waals surface area contributed by atoms with E-state index in [0.717, 1.165) is 16.7 Å². The van der Waals surface area contributed by atoms with E-state index in [1.165, 1.54) is 31.9 Å². The van der Waals surface area contributed by atoms with Crippen molar-refractivity contribution in [1.82, 2.24) is 9.78 Å². The number of carbonyl (C=O) groups is 1. The molecule has 2 aromatic rings. The van der Waals surface area contributed by atoms with E-state index in [1.807, 2.05) is 30.3 Å². The van der Waals surface area contributed by atoms with Crippen LogP contribution < -0.4 is 5.32 Å². The van der Waals surface area contributed by atoms with E-state index in [-0.39, 0.29) is 18.0 Å². The van der Waals surface area contributed by atoms with Crippen LogP contribution in [0.4, 0.5) is 19.0 Å². The highest BCUT2D eigenvalue weighted by Crippen LogP contribution is 2.48. The Kier molecular flexibility index (Phi) is 4.86. The smallest absolute Gasteiger partial charge is 0.363 e. The zero-order valence-electron chi connectivity index (χ0n) is 16.7. The number of nitrogens with one attached hydrogen (secondary N) is 1.